The van der Waals surface area contributed by atoms with Crippen LogP contribution in [0.5, 0.6) is 0 Å². The van der Waals surface area contributed by atoms with E-state index in [1.54, 1.807) is 0 Å². The molecule has 1 rings (SSSR count). The number of nitrogens with one attached hydrogen (secondary N) is 1. The number of rotatable bonds is 6. The van der Waals surface area contributed by atoms with Crippen LogP contribution in [0.25, 0.3) is 0 Å². The zero-order valence-electron chi connectivity index (χ0n) is 9.72. The maximum atomic E-state index is 12.8. The normalized spacial score (nSPS) is 11.0. The first-order valence-electron chi connectivity index (χ1n) is 5.11. The van der Waals surface area contributed by atoms with Crippen molar-refractivity contribution in [1.29, 1.82) is 0 Å². The molecule has 0 aromatic carbocycles. The molecule has 6 nitrogen and oxygen atoms in total. The zero-order chi connectivity index (χ0) is 13.6. The molecule has 1 aromatic rings. The number of halogens is 1. The van der Waals surface area contributed by atoms with Crippen molar-refractivity contribution in [2.24, 2.45) is 0 Å². The summed E-state index contributed by atoms with van der Waals surface area (Å²) in [5.41, 5.74) is 0.0491. The molecule has 0 spiro atoms. The Kier molecular flexibility index (Phi) is 5.02. The maximum Gasteiger partial charge on any atom is 0.305 e. The number of anilines is 1. The van der Waals surface area contributed by atoms with Crippen LogP contribution >= 0.6 is 0 Å². The number of hydrogen-bond donors (Lipinski definition) is 1. The SMILES string of the molecule is COC(=O)CCCS(=O)(=O)Nc1cncc(F)c1. The van der Waals surface area contributed by atoms with Crippen molar-refractivity contribution in [1.82, 2.24) is 4.98 Å². The molecule has 0 radical (unpaired) electrons. The fraction of sp³-hybridized carbons (Fsp3) is 0.400. The van der Waals surface area contributed by atoms with Crippen molar-refractivity contribution in [3.05, 3.63) is 24.3 Å². The number of aromatic nitrogens is 1. The molecular formula is C10H13FN2O4S. The van der Waals surface area contributed by atoms with Gasteiger partial charge in [0.1, 0.15) is 5.82 Å². The summed E-state index contributed by atoms with van der Waals surface area (Å²) in [4.78, 5) is 14.3. The van der Waals surface area contributed by atoms with Crippen LogP contribution in [-0.2, 0) is 19.6 Å². The number of carbonyl (C=O) groups excluding carboxylic acids is 1. The lowest BCUT2D eigenvalue weighted by atomic mass is 10.3. The Morgan fingerprint density at radius 2 is 2.22 bits per heavy atom. The molecule has 1 heterocycles. The van der Waals surface area contributed by atoms with Crippen LogP contribution in [0.1, 0.15) is 12.8 Å². The van der Waals surface area contributed by atoms with Gasteiger partial charge in [0, 0.05) is 12.5 Å². The van der Waals surface area contributed by atoms with Gasteiger partial charge in [-0.1, -0.05) is 0 Å². The van der Waals surface area contributed by atoms with Crippen LogP contribution in [-0.4, -0.2) is 32.2 Å². The highest BCUT2D eigenvalue weighted by Gasteiger charge is 2.12. The second-order valence-electron chi connectivity index (χ2n) is 3.49. The Hall–Kier alpha value is -1.70. The van der Waals surface area contributed by atoms with Gasteiger partial charge in [0.25, 0.3) is 0 Å². The van der Waals surface area contributed by atoms with Crippen LogP contribution < -0.4 is 4.72 Å². The summed E-state index contributed by atoms with van der Waals surface area (Å²) in [5.74, 6) is -1.36. The molecule has 0 aliphatic carbocycles. The highest BCUT2D eigenvalue weighted by molar-refractivity contribution is 7.92. The minimum absolute atomic E-state index is 0.0127. The first-order chi connectivity index (χ1) is 8.43. The van der Waals surface area contributed by atoms with E-state index >= 15 is 0 Å². The van der Waals surface area contributed by atoms with Crippen molar-refractivity contribution in [3.63, 3.8) is 0 Å². The topological polar surface area (TPSA) is 85.4 Å². The van der Waals surface area contributed by atoms with Crippen molar-refractivity contribution in [3.8, 4) is 0 Å². The van der Waals surface area contributed by atoms with E-state index in [1.807, 2.05) is 0 Å². The monoisotopic (exact) mass is 276 g/mol. The number of carbonyl (C=O) groups is 1. The van der Waals surface area contributed by atoms with Crippen LogP contribution in [0.2, 0.25) is 0 Å². The summed E-state index contributed by atoms with van der Waals surface area (Å²) >= 11 is 0. The summed E-state index contributed by atoms with van der Waals surface area (Å²) in [6, 6.07) is 1.02. The Morgan fingerprint density at radius 1 is 1.50 bits per heavy atom. The zero-order valence-corrected chi connectivity index (χ0v) is 10.5. The third kappa shape index (κ3) is 5.09. The van der Waals surface area contributed by atoms with Crippen molar-refractivity contribution < 1.29 is 22.3 Å². The van der Waals surface area contributed by atoms with Gasteiger partial charge in [-0.15, -0.1) is 0 Å². The third-order valence-corrected chi connectivity index (χ3v) is 3.37. The van der Waals surface area contributed by atoms with Gasteiger partial charge in [0.15, 0.2) is 0 Å². The molecule has 18 heavy (non-hydrogen) atoms. The summed E-state index contributed by atoms with van der Waals surface area (Å²) in [6.45, 7) is 0. The predicted octanol–water partition coefficient (Wildman–Crippen LogP) is 0.916. The second kappa shape index (κ2) is 6.29. The minimum Gasteiger partial charge on any atom is -0.469 e. The van der Waals surface area contributed by atoms with E-state index in [4.69, 9.17) is 0 Å². The molecular weight excluding hydrogens is 263 g/mol. The number of nitrogens with zero attached hydrogens (tertiary/aromatic N) is 1. The van der Waals surface area contributed by atoms with E-state index in [2.05, 4.69) is 14.4 Å². The Labute approximate surface area is 104 Å². The predicted molar refractivity (Wildman–Crippen MR) is 62.9 cm³/mol. The molecule has 0 amide bonds. The van der Waals surface area contributed by atoms with E-state index < -0.39 is 21.8 Å². The second-order valence-corrected chi connectivity index (χ2v) is 5.33. The molecule has 8 heteroatoms. The molecule has 0 saturated carbocycles. The standard InChI is InChI=1S/C10H13FN2O4S/c1-17-10(14)3-2-4-18(15,16)13-9-5-8(11)6-12-7-9/h5-7,13H,2-4H2,1H3. The molecule has 100 valence electrons. The van der Waals surface area contributed by atoms with Crippen molar-refractivity contribution in [2.45, 2.75) is 12.8 Å². The summed E-state index contributed by atoms with van der Waals surface area (Å²) in [6.07, 6.45) is 2.31. The van der Waals surface area contributed by atoms with Gasteiger partial charge in [0.2, 0.25) is 10.0 Å². The fourth-order valence-corrected chi connectivity index (χ4v) is 2.30. The molecule has 0 atom stereocenters. The summed E-state index contributed by atoms with van der Waals surface area (Å²) in [5, 5.41) is 0. The fourth-order valence-electron chi connectivity index (χ4n) is 1.21. The molecule has 0 aliphatic heterocycles. The van der Waals surface area contributed by atoms with E-state index in [0.717, 1.165) is 12.3 Å². The number of sulfonamides is 1. The molecule has 0 saturated heterocycles. The van der Waals surface area contributed by atoms with Gasteiger partial charge in [-0.2, -0.15) is 0 Å². The largest absolute Gasteiger partial charge is 0.469 e. The Morgan fingerprint density at radius 3 is 2.83 bits per heavy atom. The Balaban J connectivity index is 2.52. The molecule has 0 aliphatic rings. The lowest BCUT2D eigenvalue weighted by Gasteiger charge is -2.07. The number of hydrogen-bond acceptors (Lipinski definition) is 5. The number of pyridine rings is 1. The molecule has 0 unspecified atom stereocenters. The average Bonchev–Trinajstić information content (AvgIpc) is 2.27. The molecule has 1 N–H and O–H groups in total. The van der Waals surface area contributed by atoms with Crippen LogP contribution in [0, 0.1) is 5.82 Å². The molecule has 0 fully saturated rings. The highest BCUT2D eigenvalue weighted by atomic mass is 32.2. The third-order valence-electron chi connectivity index (χ3n) is 2.00. The first-order valence-corrected chi connectivity index (χ1v) is 6.76. The number of esters is 1. The maximum absolute atomic E-state index is 12.8. The van der Waals surface area contributed by atoms with E-state index in [0.29, 0.717) is 0 Å². The summed E-state index contributed by atoms with van der Waals surface area (Å²) < 4.78 is 42.5. The van der Waals surface area contributed by atoms with Gasteiger partial charge < -0.3 is 4.74 Å². The van der Waals surface area contributed by atoms with Crippen LogP contribution in [0.15, 0.2) is 18.5 Å². The van der Waals surface area contributed by atoms with Gasteiger partial charge in [-0.3, -0.25) is 14.5 Å². The number of methoxy groups -OCH3 is 1. The van der Waals surface area contributed by atoms with Gasteiger partial charge in [-0.25, -0.2) is 12.8 Å². The molecule has 1 aromatic heterocycles. The average molecular weight is 276 g/mol. The van der Waals surface area contributed by atoms with Crippen molar-refractivity contribution in [2.75, 3.05) is 17.6 Å². The van der Waals surface area contributed by atoms with Crippen LogP contribution in [0.4, 0.5) is 10.1 Å². The van der Waals surface area contributed by atoms with Gasteiger partial charge in [-0.05, 0) is 6.42 Å². The smallest absolute Gasteiger partial charge is 0.305 e. The minimum atomic E-state index is -3.62. The highest BCUT2D eigenvalue weighted by Crippen LogP contribution is 2.10. The Bertz CT molecular complexity index is 518. The lowest BCUT2D eigenvalue weighted by molar-refractivity contribution is -0.140. The van der Waals surface area contributed by atoms with Gasteiger partial charge in [0.05, 0.1) is 30.9 Å². The molecule has 0 bridgehead atoms. The van der Waals surface area contributed by atoms with Gasteiger partial charge >= 0.3 is 5.97 Å². The number of ether oxygens (including phenoxy) is 1. The van der Waals surface area contributed by atoms with E-state index in [1.165, 1.54) is 13.3 Å². The van der Waals surface area contributed by atoms with E-state index in [-0.39, 0.29) is 24.3 Å². The van der Waals surface area contributed by atoms with Crippen molar-refractivity contribution >= 4 is 21.7 Å². The summed E-state index contributed by atoms with van der Waals surface area (Å²) in [7, 11) is -2.39. The van der Waals surface area contributed by atoms with E-state index in [9.17, 15) is 17.6 Å². The van der Waals surface area contributed by atoms with Crippen LogP contribution in [0.3, 0.4) is 0 Å². The first kappa shape index (κ1) is 14.4. The quantitative estimate of drug-likeness (QED) is 0.781. The lowest BCUT2D eigenvalue weighted by Crippen LogP contribution is -2.17.